The first kappa shape index (κ1) is 17.4. The molecule has 1 aliphatic rings. The molecular weight excluding hydrogens is 459 g/mol. The van der Waals surface area contributed by atoms with Gasteiger partial charge in [0.25, 0.3) is 0 Å². The van der Waals surface area contributed by atoms with E-state index >= 15 is 0 Å². The molecule has 0 N–H and O–H groups in total. The van der Waals surface area contributed by atoms with Crippen molar-refractivity contribution in [2.75, 3.05) is 13.9 Å². The van der Waals surface area contributed by atoms with Gasteiger partial charge in [-0.1, -0.05) is 12.1 Å². The zero-order chi connectivity index (χ0) is 18.8. The number of hydrogen-bond donors (Lipinski definition) is 0. The van der Waals surface area contributed by atoms with Gasteiger partial charge in [-0.15, -0.1) is 0 Å². The van der Waals surface area contributed by atoms with Crippen LogP contribution in [-0.2, 0) is 0 Å². The number of fused-ring (bicyclic) bond motifs is 1. The molecule has 2 heterocycles. The van der Waals surface area contributed by atoms with Crippen molar-refractivity contribution in [2.45, 2.75) is 0 Å². The molecule has 27 heavy (non-hydrogen) atoms. The minimum absolute atomic E-state index is 0.186. The van der Waals surface area contributed by atoms with Crippen molar-refractivity contribution >= 4 is 22.6 Å². The van der Waals surface area contributed by atoms with Crippen molar-refractivity contribution in [1.82, 2.24) is 4.98 Å². The van der Waals surface area contributed by atoms with Crippen LogP contribution in [0.15, 0.2) is 48.7 Å². The Morgan fingerprint density at radius 3 is 2.56 bits per heavy atom. The lowest BCUT2D eigenvalue weighted by Gasteiger charge is -2.12. The van der Waals surface area contributed by atoms with Crippen molar-refractivity contribution in [1.29, 1.82) is 5.26 Å². The number of benzene rings is 2. The van der Waals surface area contributed by atoms with E-state index < -0.39 is 0 Å². The molecule has 7 heteroatoms. The molecule has 0 radical (unpaired) electrons. The smallest absolute Gasteiger partial charge is 0.237 e. The predicted molar refractivity (Wildman–Crippen MR) is 106 cm³/mol. The zero-order valence-corrected chi connectivity index (χ0v) is 16.4. The number of nitrogens with zero attached hydrogens (tertiary/aromatic N) is 2. The van der Waals surface area contributed by atoms with Crippen LogP contribution in [-0.4, -0.2) is 18.9 Å². The third-order valence-corrected chi connectivity index (χ3v) is 4.86. The van der Waals surface area contributed by atoms with E-state index in [1.807, 2.05) is 24.3 Å². The fraction of sp³-hybridized carbons (Fsp3) is 0.100. The first-order chi connectivity index (χ1) is 13.2. The van der Waals surface area contributed by atoms with E-state index in [0.717, 1.165) is 20.4 Å². The Morgan fingerprint density at radius 1 is 1.07 bits per heavy atom. The molecule has 0 unspecified atom stereocenters. The molecule has 0 amide bonds. The second kappa shape index (κ2) is 7.32. The van der Waals surface area contributed by atoms with Gasteiger partial charge in [-0.05, 0) is 52.4 Å². The molecule has 0 bridgehead atoms. The van der Waals surface area contributed by atoms with Gasteiger partial charge in [-0.2, -0.15) is 5.26 Å². The summed E-state index contributed by atoms with van der Waals surface area (Å²) in [5.74, 6) is 2.77. The van der Waals surface area contributed by atoms with E-state index in [0.29, 0.717) is 22.8 Å². The van der Waals surface area contributed by atoms with E-state index in [-0.39, 0.29) is 12.7 Å². The Hall–Kier alpha value is -2.99. The third-order valence-electron chi connectivity index (χ3n) is 4.05. The van der Waals surface area contributed by atoms with Crippen LogP contribution in [0, 0.1) is 14.9 Å². The maximum atomic E-state index is 9.78. The fourth-order valence-electron chi connectivity index (χ4n) is 2.74. The highest BCUT2D eigenvalue weighted by Gasteiger charge is 2.19. The zero-order valence-electron chi connectivity index (χ0n) is 14.2. The Bertz CT molecular complexity index is 1050. The molecule has 0 fully saturated rings. The molecule has 3 aromatic rings. The van der Waals surface area contributed by atoms with E-state index in [1.54, 1.807) is 31.5 Å². The number of ether oxygens (including phenoxy) is 4. The number of nitriles is 1. The second-order valence-electron chi connectivity index (χ2n) is 5.62. The molecule has 0 saturated heterocycles. The van der Waals surface area contributed by atoms with Gasteiger partial charge in [-0.3, -0.25) is 0 Å². The number of hydrogen-bond acceptors (Lipinski definition) is 6. The highest BCUT2D eigenvalue weighted by atomic mass is 127. The number of rotatable bonds is 4. The summed E-state index contributed by atoms with van der Waals surface area (Å²) < 4.78 is 22.6. The Labute approximate surface area is 169 Å². The topological polar surface area (TPSA) is 73.6 Å². The van der Waals surface area contributed by atoms with Crippen LogP contribution in [0.3, 0.4) is 0 Å². The molecule has 134 valence electrons. The summed E-state index contributed by atoms with van der Waals surface area (Å²) in [4.78, 5) is 4.31. The highest BCUT2D eigenvalue weighted by Crippen LogP contribution is 2.39. The molecule has 0 saturated carbocycles. The Balaban J connectivity index is 1.74. The maximum absolute atomic E-state index is 9.78. The lowest BCUT2D eigenvalue weighted by molar-refractivity contribution is 0.174. The molecule has 0 aliphatic carbocycles. The van der Waals surface area contributed by atoms with Crippen LogP contribution < -0.4 is 18.9 Å². The van der Waals surface area contributed by atoms with E-state index in [4.69, 9.17) is 18.9 Å². The summed E-state index contributed by atoms with van der Waals surface area (Å²) in [6.07, 6.45) is 1.68. The number of halogens is 1. The SMILES string of the molecule is COc1ccc(-c2c(I)cnc(Oc3ccc4c(c3)OCO4)c2C#N)cc1. The standard InChI is InChI=1S/C20H13IN2O4/c1-24-13-4-2-12(3-5-13)19-15(9-22)20(23-10-16(19)21)27-14-6-7-17-18(8-14)26-11-25-17/h2-8,10H,11H2,1H3. The normalized spacial score (nSPS) is 11.7. The van der Waals surface area contributed by atoms with Crippen LogP contribution in [0.25, 0.3) is 11.1 Å². The molecule has 0 spiro atoms. The quantitative estimate of drug-likeness (QED) is 0.511. The molecule has 1 aromatic heterocycles. The van der Waals surface area contributed by atoms with Crippen molar-refractivity contribution < 1.29 is 18.9 Å². The minimum Gasteiger partial charge on any atom is -0.497 e. The van der Waals surface area contributed by atoms with E-state index in [2.05, 4.69) is 33.6 Å². The first-order valence-corrected chi connectivity index (χ1v) is 9.08. The number of pyridine rings is 1. The van der Waals surface area contributed by atoms with Gasteiger partial charge in [0, 0.05) is 21.4 Å². The van der Waals surface area contributed by atoms with E-state index in [9.17, 15) is 5.26 Å². The van der Waals surface area contributed by atoms with Crippen LogP contribution in [0.4, 0.5) is 0 Å². The minimum atomic E-state index is 0.186. The van der Waals surface area contributed by atoms with Gasteiger partial charge in [0.2, 0.25) is 12.7 Å². The molecule has 6 nitrogen and oxygen atoms in total. The van der Waals surface area contributed by atoms with Gasteiger partial charge >= 0.3 is 0 Å². The predicted octanol–water partition coefficient (Wildman–Crippen LogP) is 4.75. The summed E-state index contributed by atoms with van der Waals surface area (Å²) in [5, 5.41) is 9.78. The Morgan fingerprint density at radius 2 is 1.81 bits per heavy atom. The number of methoxy groups -OCH3 is 1. The third kappa shape index (κ3) is 3.36. The van der Waals surface area contributed by atoms with Crippen molar-refractivity contribution in [3.05, 3.63) is 57.8 Å². The van der Waals surface area contributed by atoms with Gasteiger partial charge in [0.05, 0.1) is 7.11 Å². The van der Waals surface area contributed by atoms with Crippen molar-refractivity contribution in [2.24, 2.45) is 0 Å². The average Bonchev–Trinajstić information content (AvgIpc) is 3.17. The van der Waals surface area contributed by atoms with Gasteiger partial charge in [0.15, 0.2) is 11.5 Å². The molecule has 4 rings (SSSR count). The monoisotopic (exact) mass is 472 g/mol. The molecule has 0 atom stereocenters. The summed E-state index contributed by atoms with van der Waals surface area (Å²) in [5.41, 5.74) is 2.02. The van der Waals surface area contributed by atoms with Crippen LogP contribution in [0.5, 0.6) is 28.9 Å². The maximum Gasteiger partial charge on any atom is 0.237 e. The van der Waals surface area contributed by atoms with E-state index in [1.165, 1.54) is 0 Å². The summed E-state index contributed by atoms with van der Waals surface area (Å²) in [7, 11) is 1.61. The van der Waals surface area contributed by atoms with Crippen molar-refractivity contribution in [3.63, 3.8) is 0 Å². The largest absolute Gasteiger partial charge is 0.497 e. The first-order valence-electron chi connectivity index (χ1n) is 8.00. The second-order valence-corrected chi connectivity index (χ2v) is 6.78. The van der Waals surface area contributed by atoms with Crippen molar-refractivity contribution in [3.8, 4) is 46.1 Å². The van der Waals surface area contributed by atoms with Gasteiger partial charge in [0.1, 0.15) is 23.1 Å². The van der Waals surface area contributed by atoms with Gasteiger partial charge in [-0.25, -0.2) is 4.98 Å². The summed E-state index contributed by atoms with van der Waals surface area (Å²) in [6.45, 7) is 0.186. The van der Waals surface area contributed by atoms with Gasteiger partial charge < -0.3 is 18.9 Å². The lowest BCUT2D eigenvalue weighted by atomic mass is 10.0. The van der Waals surface area contributed by atoms with Crippen LogP contribution in [0.1, 0.15) is 5.56 Å². The highest BCUT2D eigenvalue weighted by molar-refractivity contribution is 14.1. The van der Waals surface area contributed by atoms with Crippen LogP contribution in [0.2, 0.25) is 0 Å². The fourth-order valence-corrected chi connectivity index (χ4v) is 3.46. The van der Waals surface area contributed by atoms with Crippen LogP contribution >= 0.6 is 22.6 Å². The Kier molecular flexibility index (Phi) is 4.73. The molecule has 1 aliphatic heterocycles. The number of aromatic nitrogens is 1. The lowest BCUT2D eigenvalue weighted by Crippen LogP contribution is -1.98. The molecular formula is C20H13IN2O4. The molecule has 2 aromatic carbocycles. The average molecular weight is 472 g/mol. The summed E-state index contributed by atoms with van der Waals surface area (Å²) in [6, 6.07) is 15.0. The summed E-state index contributed by atoms with van der Waals surface area (Å²) >= 11 is 2.17.